The van der Waals surface area contributed by atoms with E-state index >= 15 is 0 Å². The van der Waals surface area contributed by atoms with Crippen LogP contribution in [0, 0.1) is 43.4 Å². The summed E-state index contributed by atoms with van der Waals surface area (Å²) in [5, 5.41) is 5.39. The van der Waals surface area contributed by atoms with E-state index in [9.17, 15) is 31.2 Å². The van der Waals surface area contributed by atoms with Gasteiger partial charge in [0.2, 0.25) is 27.7 Å². The number of hydrogen-bond donors (Lipinski definition) is 3. The predicted molar refractivity (Wildman–Crippen MR) is 279 cm³/mol. The van der Waals surface area contributed by atoms with E-state index < -0.39 is 20.1 Å². The quantitative estimate of drug-likeness (QED) is 0.0855. The summed E-state index contributed by atoms with van der Waals surface area (Å²) in [4.78, 5) is 35.7. The van der Waals surface area contributed by atoms with E-state index in [0.717, 1.165) is 36.2 Å². The Morgan fingerprint density at radius 1 is 0.592 bits per heavy atom. The fourth-order valence-corrected chi connectivity index (χ4v) is 10.7. The highest BCUT2D eigenvalue weighted by molar-refractivity contribution is 7.89. The number of anilines is 3. The van der Waals surface area contributed by atoms with E-state index in [0.29, 0.717) is 42.8 Å². The van der Waals surface area contributed by atoms with E-state index in [4.69, 9.17) is 4.18 Å². The Balaban J connectivity index is 0.000000185. The molecule has 3 heterocycles. The van der Waals surface area contributed by atoms with E-state index in [2.05, 4.69) is 50.9 Å². The van der Waals surface area contributed by atoms with Gasteiger partial charge in [0.25, 0.3) is 0 Å². The predicted octanol–water partition coefficient (Wildman–Crippen LogP) is 8.73. The van der Waals surface area contributed by atoms with Crippen molar-refractivity contribution >= 4 is 54.9 Å². The Kier molecular flexibility index (Phi) is 18.0. The minimum absolute atomic E-state index is 0.0431. The molecule has 0 spiro atoms. The summed E-state index contributed by atoms with van der Waals surface area (Å²) in [6, 6.07) is 37.7. The first-order valence-electron chi connectivity index (χ1n) is 24.3. The van der Waals surface area contributed by atoms with Crippen LogP contribution < -0.4 is 35.5 Å². The molecule has 3 aliphatic heterocycles. The minimum atomic E-state index is -3.96. The van der Waals surface area contributed by atoms with Crippen molar-refractivity contribution in [2.24, 2.45) is 29.6 Å². The third-order valence-electron chi connectivity index (χ3n) is 13.0. The summed E-state index contributed by atoms with van der Waals surface area (Å²) in [5.74, 6) is 0.549. The Morgan fingerprint density at radius 3 is 1.61 bits per heavy atom. The molecule has 380 valence electrons. The van der Waals surface area contributed by atoms with Crippen molar-refractivity contribution in [1.29, 1.82) is 0 Å². The second-order valence-electron chi connectivity index (χ2n) is 19.0. The van der Waals surface area contributed by atoms with Crippen LogP contribution in [-0.4, -0.2) is 65.0 Å². The van der Waals surface area contributed by atoms with Crippen molar-refractivity contribution < 1.29 is 35.4 Å². The zero-order chi connectivity index (χ0) is 51.6. The van der Waals surface area contributed by atoms with Crippen LogP contribution in [0.1, 0.15) is 84.0 Å². The van der Waals surface area contributed by atoms with Gasteiger partial charge in [-0.1, -0.05) is 133 Å². The lowest BCUT2D eigenvalue weighted by Crippen LogP contribution is -2.38. The van der Waals surface area contributed by atoms with E-state index in [1.165, 1.54) is 17.7 Å². The topological polar surface area (TPSA) is 178 Å². The molecule has 17 heteroatoms. The van der Waals surface area contributed by atoms with Crippen molar-refractivity contribution in [2.75, 3.05) is 41.2 Å². The van der Waals surface area contributed by atoms with Crippen molar-refractivity contribution in [2.45, 2.75) is 91.0 Å². The molecule has 15 nitrogen and oxygen atoms in total. The van der Waals surface area contributed by atoms with Gasteiger partial charge in [-0.05, 0) is 98.0 Å². The third kappa shape index (κ3) is 13.7. The van der Waals surface area contributed by atoms with Gasteiger partial charge in [0.15, 0.2) is 0 Å². The fraction of sp³-hybridized carbons (Fsp3) is 0.389. The molecule has 3 amide bonds. The molecule has 3 saturated heterocycles. The summed E-state index contributed by atoms with van der Waals surface area (Å²) in [6.45, 7) is 20.3. The third-order valence-corrected chi connectivity index (χ3v) is 16.1. The number of nitrogens with one attached hydrogen (secondary N) is 3. The maximum atomic E-state index is 13.4. The number of benzene rings is 5. The number of hydrazine groups is 3. The maximum absolute atomic E-state index is 13.4. The maximum Gasteiger partial charge on any atom is 0.339 e. The molecule has 8 rings (SSSR count). The molecule has 0 aliphatic carbocycles. The number of nitrogens with zero attached hydrogens (tertiary/aromatic N) is 4. The standard InChI is InChI=1S/C23H22N2O4S.C20H33N3O3S.C11H14N2O/c1-16-8-12-20(13-9-16)29-30(27,28)21-14-10-19(11-15-21)25-22(17(2)23(26)24-25)18-6-4-3-5-7-18;1-6-15(3)12-22(13-16(4)7-2)27(25,26)19-10-8-9-18(11-19)23-14-17(5)20(24)21-23;1-8-3-5-10(6-4-8)13-7-9(2)11(14)12-13/h3-15,17,22H,1-2H3,(H,24,26);8-11,15-17H,6-7,12-14H2,1-5H3,(H,21,24);3-6,9H,7H2,1-2H3,(H,12,14). The Hall–Kier alpha value is -6.43. The van der Waals surface area contributed by atoms with E-state index in [-0.39, 0.29) is 57.1 Å². The van der Waals surface area contributed by atoms with E-state index in [1.807, 2.05) is 93.4 Å². The number of rotatable bonds is 15. The molecule has 6 atom stereocenters. The van der Waals surface area contributed by atoms with Crippen LogP contribution in [0.2, 0.25) is 0 Å². The first kappa shape index (κ1) is 53.9. The van der Waals surface area contributed by atoms with Gasteiger partial charge in [0.05, 0.1) is 58.8 Å². The van der Waals surface area contributed by atoms with Gasteiger partial charge >= 0.3 is 10.1 Å². The lowest BCUT2D eigenvalue weighted by Gasteiger charge is -2.28. The lowest BCUT2D eigenvalue weighted by atomic mass is 9.95. The molecule has 3 N–H and O–H groups in total. The van der Waals surface area contributed by atoms with Crippen molar-refractivity contribution in [3.05, 3.63) is 144 Å². The number of hydrogen-bond acceptors (Lipinski definition) is 11. The number of aryl methyl sites for hydroxylation is 2. The summed E-state index contributed by atoms with van der Waals surface area (Å²) in [6.07, 6.45) is 1.87. The molecule has 6 unspecified atom stereocenters. The van der Waals surface area contributed by atoms with Gasteiger partial charge in [-0.2, -0.15) is 12.7 Å². The average molecular weight is 1010 g/mol. The molecule has 0 saturated carbocycles. The highest BCUT2D eigenvalue weighted by Gasteiger charge is 2.39. The molecular formula is C54H69N7O8S2. The second kappa shape index (κ2) is 23.7. The summed E-state index contributed by atoms with van der Waals surface area (Å²) >= 11 is 0. The molecule has 5 aromatic rings. The Labute approximate surface area is 420 Å². The smallest absolute Gasteiger partial charge is 0.339 e. The first-order valence-corrected chi connectivity index (χ1v) is 27.1. The summed E-state index contributed by atoms with van der Waals surface area (Å²) in [7, 11) is -7.56. The molecule has 5 aromatic carbocycles. The molecule has 3 aliphatic rings. The zero-order valence-corrected chi connectivity index (χ0v) is 43.8. The molecule has 0 radical (unpaired) electrons. The molecule has 3 fully saturated rings. The van der Waals surface area contributed by atoms with Crippen LogP contribution in [0.3, 0.4) is 0 Å². The number of sulfonamides is 1. The molecule has 71 heavy (non-hydrogen) atoms. The van der Waals surface area contributed by atoms with Gasteiger partial charge < -0.3 is 4.18 Å². The Morgan fingerprint density at radius 2 is 1.10 bits per heavy atom. The van der Waals surface area contributed by atoms with Gasteiger partial charge in [0, 0.05) is 13.1 Å². The van der Waals surface area contributed by atoms with Crippen LogP contribution in [0.4, 0.5) is 17.1 Å². The van der Waals surface area contributed by atoms with Crippen molar-refractivity contribution in [1.82, 2.24) is 20.6 Å². The fourth-order valence-electron chi connectivity index (χ4n) is 8.05. The average Bonchev–Trinajstić information content (AvgIpc) is 4.00. The van der Waals surface area contributed by atoms with Crippen LogP contribution in [0.5, 0.6) is 5.75 Å². The minimum Gasteiger partial charge on any atom is -0.379 e. The zero-order valence-electron chi connectivity index (χ0n) is 42.2. The van der Waals surface area contributed by atoms with Crippen LogP contribution in [0.15, 0.2) is 137 Å². The van der Waals surface area contributed by atoms with Crippen LogP contribution >= 0.6 is 0 Å². The van der Waals surface area contributed by atoms with Gasteiger partial charge in [-0.15, -0.1) is 0 Å². The van der Waals surface area contributed by atoms with Crippen molar-refractivity contribution in [3.8, 4) is 5.75 Å². The lowest BCUT2D eigenvalue weighted by molar-refractivity contribution is -0.122. The van der Waals surface area contributed by atoms with Gasteiger partial charge in [-0.25, -0.2) is 8.42 Å². The van der Waals surface area contributed by atoms with Gasteiger partial charge in [0.1, 0.15) is 10.6 Å². The first-order chi connectivity index (χ1) is 33.7. The number of carbonyl (C=O) groups excluding carboxylic acids is 3. The monoisotopic (exact) mass is 1010 g/mol. The number of amides is 3. The molecule has 0 aromatic heterocycles. The van der Waals surface area contributed by atoms with E-state index in [1.54, 1.807) is 68.9 Å². The largest absolute Gasteiger partial charge is 0.379 e. The van der Waals surface area contributed by atoms with Crippen molar-refractivity contribution in [3.63, 3.8) is 0 Å². The summed E-state index contributed by atoms with van der Waals surface area (Å²) < 4.78 is 58.8. The summed E-state index contributed by atoms with van der Waals surface area (Å²) in [5.41, 5.74) is 14.2. The molecular weight excluding hydrogens is 939 g/mol. The van der Waals surface area contributed by atoms with Crippen LogP contribution in [0.25, 0.3) is 0 Å². The highest BCUT2D eigenvalue weighted by atomic mass is 32.2. The van der Waals surface area contributed by atoms with Gasteiger partial charge in [-0.3, -0.25) is 45.7 Å². The molecule has 0 bridgehead atoms. The number of carbonyl (C=O) groups is 3. The normalized spacial score (nSPS) is 19.7. The Bertz CT molecular complexity index is 2800. The highest BCUT2D eigenvalue weighted by Crippen LogP contribution is 2.37. The SMILES string of the molecule is CCC(C)CN(CC(C)CC)S(=O)(=O)c1cccc(N2CC(C)C(=O)N2)c1.Cc1ccc(N2CC(C)C(=O)N2)cc1.Cc1ccc(OS(=O)(=O)c2ccc(N3NC(=O)C(C)C3c3ccccc3)cc2)cc1. The second-order valence-corrected chi connectivity index (χ2v) is 22.5. The van der Waals surface area contributed by atoms with Crippen LogP contribution in [-0.2, 0) is 34.5 Å².